The Morgan fingerprint density at radius 3 is 1.41 bits per heavy atom. The minimum Gasteiger partial charge on any atom is -0.504 e. The molecule has 0 saturated heterocycles. The highest BCUT2D eigenvalue weighted by molar-refractivity contribution is 5.91. The van der Waals surface area contributed by atoms with Gasteiger partial charge in [0.05, 0.1) is 39.1 Å². The molecule has 0 amide bonds. The van der Waals surface area contributed by atoms with Crippen molar-refractivity contribution in [3.8, 4) is 40.2 Å². The lowest BCUT2D eigenvalue weighted by Gasteiger charge is -2.36. The van der Waals surface area contributed by atoms with Gasteiger partial charge in [0.25, 0.3) is 0 Å². The second kappa shape index (κ2) is 25.7. The maximum Gasteiger partial charge on any atom is 0.338 e. The Balaban J connectivity index is 1.22. The highest BCUT2D eigenvalue weighted by atomic mass is 16.6. The Labute approximate surface area is 412 Å². The van der Waals surface area contributed by atoms with E-state index >= 15 is 0 Å². The van der Waals surface area contributed by atoms with Gasteiger partial charge in [0.2, 0.25) is 11.5 Å². The van der Waals surface area contributed by atoms with Crippen molar-refractivity contribution >= 4 is 5.97 Å². The number of methoxy groups -OCH3 is 1. The van der Waals surface area contributed by atoms with E-state index in [2.05, 4.69) is 6.58 Å². The molecule has 14 heteroatoms. The molecule has 0 aromatic heterocycles. The molecule has 0 heterocycles. The molecule has 1 unspecified atom stereocenters. The first kappa shape index (κ1) is 51.0. The highest BCUT2D eigenvalue weighted by Gasteiger charge is 2.40. The van der Waals surface area contributed by atoms with E-state index in [1.807, 2.05) is 121 Å². The standard InChI is InChI=1S/C57H56O14/c1-3-50(65-32-38-16-8-4-9-17-38)55(71-57(63)44-30-48(60)53(49(61)31-44)68-35-40-20-12-6-13-21-40)54(69-36-41-22-14-7-15-23-41)51(66-33-42-24-26-45(64-2)27-25-42)37-70-56(62)43-28-46(58)52(47(59)29-43)67-34-39-18-10-5-11-19-39/h3-31,50-51,54-56,58-62H,1,32-37H2,2H3/t50-,51+,54+,55+,56?/m0/s1. The Morgan fingerprint density at radius 2 is 0.944 bits per heavy atom. The molecule has 0 aliphatic rings. The molecule has 5 atom stereocenters. The second-order valence-electron chi connectivity index (χ2n) is 16.3. The van der Waals surface area contributed by atoms with Crippen molar-refractivity contribution in [2.75, 3.05) is 13.7 Å². The average molecular weight is 965 g/mol. The van der Waals surface area contributed by atoms with Crippen molar-refractivity contribution < 1.29 is 68.2 Å². The predicted molar refractivity (Wildman–Crippen MR) is 263 cm³/mol. The van der Waals surface area contributed by atoms with Crippen LogP contribution in [0.5, 0.6) is 40.2 Å². The van der Waals surface area contributed by atoms with Crippen LogP contribution in [-0.4, -0.2) is 69.6 Å². The summed E-state index contributed by atoms with van der Waals surface area (Å²) in [5.74, 6) is -2.72. The van der Waals surface area contributed by atoms with Crippen molar-refractivity contribution in [1.29, 1.82) is 0 Å². The van der Waals surface area contributed by atoms with Gasteiger partial charge in [-0.3, -0.25) is 0 Å². The van der Waals surface area contributed by atoms with Crippen LogP contribution < -0.4 is 14.2 Å². The molecular formula is C57H56O14. The maximum atomic E-state index is 14.4. The summed E-state index contributed by atoms with van der Waals surface area (Å²) in [7, 11) is 1.55. The molecule has 0 bridgehead atoms. The first-order valence-corrected chi connectivity index (χ1v) is 22.7. The van der Waals surface area contributed by atoms with Gasteiger partial charge >= 0.3 is 5.97 Å². The van der Waals surface area contributed by atoms with Crippen LogP contribution >= 0.6 is 0 Å². The summed E-state index contributed by atoms with van der Waals surface area (Å²) < 4.78 is 49.1. The van der Waals surface area contributed by atoms with Crippen LogP contribution in [0.25, 0.3) is 0 Å². The maximum absolute atomic E-state index is 14.4. The molecule has 0 aliphatic heterocycles. The lowest BCUT2D eigenvalue weighted by atomic mass is 10.0. The van der Waals surface area contributed by atoms with Gasteiger partial charge in [-0.15, -0.1) is 6.58 Å². The van der Waals surface area contributed by atoms with Crippen LogP contribution in [0.15, 0.2) is 183 Å². The third-order valence-electron chi connectivity index (χ3n) is 11.2. The molecule has 71 heavy (non-hydrogen) atoms. The summed E-state index contributed by atoms with van der Waals surface area (Å²) in [6.45, 7) is 3.68. The fourth-order valence-corrected chi connectivity index (χ4v) is 7.44. The van der Waals surface area contributed by atoms with Gasteiger partial charge in [-0.25, -0.2) is 4.79 Å². The van der Waals surface area contributed by atoms with E-state index in [4.69, 9.17) is 37.9 Å². The van der Waals surface area contributed by atoms with Crippen LogP contribution in [0.2, 0.25) is 0 Å². The van der Waals surface area contributed by atoms with Crippen LogP contribution in [0.4, 0.5) is 0 Å². The largest absolute Gasteiger partial charge is 0.504 e. The molecular weight excluding hydrogens is 909 g/mol. The number of aliphatic hydroxyl groups excluding tert-OH is 1. The van der Waals surface area contributed by atoms with E-state index in [0.717, 1.165) is 34.4 Å². The van der Waals surface area contributed by atoms with Crippen molar-refractivity contribution in [1.82, 2.24) is 0 Å². The van der Waals surface area contributed by atoms with Crippen LogP contribution in [0, 0.1) is 0 Å². The summed E-state index contributed by atoms with van der Waals surface area (Å²) in [5, 5.41) is 55.7. The first-order chi connectivity index (χ1) is 34.6. The summed E-state index contributed by atoms with van der Waals surface area (Å²) in [6.07, 6.45) is -5.28. The SMILES string of the molecule is C=C[C@H](OCc1ccccc1)[C@@H](OC(=O)c1cc(O)c(OCc2ccccc2)c(O)c1)[C@H](OCc1ccccc1)[C@@H](COC(O)c1cc(O)c(OCc2ccccc2)c(O)c1)OCc1ccc(OC)cc1. The van der Waals surface area contributed by atoms with Crippen molar-refractivity contribution in [3.63, 3.8) is 0 Å². The van der Waals surface area contributed by atoms with Gasteiger partial charge in [0, 0.05) is 5.56 Å². The zero-order chi connectivity index (χ0) is 50.0. The number of aliphatic hydroxyl groups is 1. The van der Waals surface area contributed by atoms with E-state index in [9.17, 15) is 30.3 Å². The Hall–Kier alpha value is -7.85. The number of benzene rings is 7. The molecule has 7 aromatic rings. The molecule has 0 aliphatic carbocycles. The van der Waals surface area contributed by atoms with Crippen molar-refractivity contribution in [3.05, 3.63) is 221 Å². The number of aromatic hydroxyl groups is 4. The summed E-state index contributed by atoms with van der Waals surface area (Å²) >= 11 is 0. The lowest BCUT2D eigenvalue weighted by Crippen LogP contribution is -2.51. The zero-order valence-corrected chi connectivity index (χ0v) is 39.0. The third kappa shape index (κ3) is 14.6. The van der Waals surface area contributed by atoms with Crippen LogP contribution in [0.1, 0.15) is 50.0 Å². The quantitative estimate of drug-likeness (QED) is 0.0196. The molecule has 7 aromatic carbocycles. The molecule has 14 nitrogen and oxygen atoms in total. The highest BCUT2D eigenvalue weighted by Crippen LogP contribution is 2.40. The lowest BCUT2D eigenvalue weighted by molar-refractivity contribution is -0.197. The smallest absolute Gasteiger partial charge is 0.338 e. The van der Waals surface area contributed by atoms with Gasteiger partial charge in [0.15, 0.2) is 35.4 Å². The first-order valence-electron chi connectivity index (χ1n) is 22.7. The monoisotopic (exact) mass is 964 g/mol. The number of ether oxygens (including phenoxy) is 8. The van der Waals surface area contributed by atoms with Gasteiger partial charge < -0.3 is 63.4 Å². The molecule has 0 fully saturated rings. The minimum atomic E-state index is -1.75. The van der Waals surface area contributed by atoms with E-state index in [-0.39, 0.29) is 55.7 Å². The van der Waals surface area contributed by atoms with Gasteiger partial charge in [0.1, 0.15) is 37.3 Å². The fraction of sp³-hybridized carbons (Fsp3) is 0.211. The second-order valence-corrected chi connectivity index (χ2v) is 16.3. The minimum absolute atomic E-state index is 0.0170. The van der Waals surface area contributed by atoms with Gasteiger partial charge in [-0.2, -0.15) is 0 Å². The Bertz CT molecular complexity index is 2690. The molecule has 0 spiro atoms. The summed E-state index contributed by atoms with van der Waals surface area (Å²) in [5.41, 5.74) is 3.60. The Kier molecular flexibility index (Phi) is 18.4. The van der Waals surface area contributed by atoms with Crippen LogP contribution in [-0.2, 0) is 56.7 Å². The van der Waals surface area contributed by atoms with Crippen LogP contribution in [0.3, 0.4) is 0 Å². The summed E-state index contributed by atoms with van der Waals surface area (Å²) in [4.78, 5) is 14.4. The number of carbonyl (C=O) groups excluding carboxylic acids is 1. The van der Waals surface area contributed by atoms with E-state index in [1.165, 1.54) is 18.2 Å². The van der Waals surface area contributed by atoms with Gasteiger partial charge in [-0.1, -0.05) is 140 Å². The molecule has 0 saturated carbocycles. The third-order valence-corrected chi connectivity index (χ3v) is 11.2. The van der Waals surface area contributed by atoms with E-state index < -0.39 is 66.3 Å². The number of hydrogen-bond acceptors (Lipinski definition) is 14. The average Bonchev–Trinajstić information content (AvgIpc) is 3.39. The van der Waals surface area contributed by atoms with Crippen molar-refractivity contribution in [2.24, 2.45) is 0 Å². The van der Waals surface area contributed by atoms with Gasteiger partial charge in [-0.05, 0) is 64.2 Å². The molecule has 7 rings (SSSR count). The van der Waals surface area contributed by atoms with E-state index in [1.54, 1.807) is 31.4 Å². The molecule has 368 valence electrons. The predicted octanol–water partition coefficient (Wildman–Crippen LogP) is 9.85. The molecule has 0 radical (unpaired) electrons. The number of esters is 1. The topological polar surface area (TPSA) is 192 Å². The normalized spacial score (nSPS) is 13.3. The van der Waals surface area contributed by atoms with E-state index in [0.29, 0.717) is 11.3 Å². The number of phenolic OH excluding ortho intramolecular Hbond substituents is 4. The fourth-order valence-electron chi connectivity index (χ4n) is 7.44. The number of rotatable bonds is 26. The number of carbonyl (C=O) groups is 1. The molecule has 5 N–H and O–H groups in total. The Morgan fingerprint density at radius 1 is 0.521 bits per heavy atom. The number of phenols is 4. The zero-order valence-electron chi connectivity index (χ0n) is 39.0. The van der Waals surface area contributed by atoms with Crippen molar-refractivity contribution in [2.45, 2.75) is 63.7 Å². The summed E-state index contributed by atoms with van der Waals surface area (Å²) in [6, 6.07) is 48.7. The number of hydrogen-bond donors (Lipinski definition) is 5.